The van der Waals surface area contributed by atoms with Crippen LogP contribution in [0.1, 0.15) is 36.4 Å². The lowest BCUT2D eigenvalue weighted by molar-refractivity contribution is 0.465. The van der Waals surface area contributed by atoms with Gasteiger partial charge in [-0.15, -0.1) is 11.3 Å². The van der Waals surface area contributed by atoms with Crippen molar-refractivity contribution in [1.82, 2.24) is 10.3 Å². The summed E-state index contributed by atoms with van der Waals surface area (Å²) in [5.74, 6) is 0.889. The maximum absolute atomic E-state index is 5.42. The summed E-state index contributed by atoms with van der Waals surface area (Å²) in [6, 6.07) is 4.33. The Balaban J connectivity index is 1.96. The third-order valence-electron chi connectivity index (χ3n) is 3.14. The zero-order chi connectivity index (χ0) is 11.7. The molecule has 1 aliphatic rings. The summed E-state index contributed by atoms with van der Waals surface area (Å²) >= 11 is 1.78. The first kappa shape index (κ1) is 11.0. The highest BCUT2D eigenvalue weighted by Crippen LogP contribution is 2.37. The van der Waals surface area contributed by atoms with Crippen molar-refractivity contribution < 1.29 is 4.42 Å². The number of thiazole rings is 1. The average Bonchev–Trinajstić information content (AvgIpc) is 2.98. The van der Waals surface area contributed by atoms with Gasteiger partial charge in [0.25, 0.3) is 0 Å². The third-order valence-corrected chi connectivity index (χ3v) is 4.28. The Bertz CT molecular complexity index is 489. The first-order valence-corrected chi connectivity index (χ1v) is 6.97. The predicted molar refractivity (Wildman–Crippen MR) is 69.2 cm³/mol. The highest BCUT2D eigenvalue weighted by Gasteiger charge is 2.24. The van der Waals surface area contributed by atoms with Crippen LogP contribution < -0.4 is 5.32 Å². The van der Waals surface area contributed by atoms with E-state index >= 15 is 0 Å². The lowest BCUT2D eigenvalue weighted by atomic mass is 9.98. The van der Waals surface area contributed by atoms with Crippen LogP contribution in [0.2, 0.25) is 0 Å². The van der Waals surface area contributed by atoms with Crippen LogP contribution in [0.5, 0.6) is 0 Å². The maximum Gasteiger partial charge on any atom is 0.162 e. The van der Waals surface area contributed by atoms with E-state index in [1.54, 1.807) is 17.6 Å². The molecule has 90 valence electrons. The van der Waals surface area contributed by atoms with Gasteiger partial charge in [-0.3, -0.25) is 0 Å². The van der Waals surface area contributed by atoms with E-state index in [9.17, 15) is 0 Å². The maximum atomic E-state index is 5.42. The van der Waals surface area contributed by atoms with Gasteiger partial charge in [0.1, 0.15) is 0 Å². The van der Waals surface area contributed by atoms with Crippen molar-refractivity contribution in [3.05, 3.63) is 29.0 Å². The summed E-state index contributed by atoms with van der Waals surface area (Å²) in [4.78, 5) is 6.18. The Hall–Kier alpha value is -1.13. The molecule has 3 rings (SSSR count). The van der Waals surface area contributed by atoms with Gasteiger partial charge in [0.15, 0.2) is 10.8 Å². The quantitative estimate of drug-likeness (QED) is 0.904. The first-order chi connectivity index (χ1) is 8.38. The lowest BCUT2D eigenvalue weighted by Crippen LogP contribution is -2.24. The molecule has 1 atom stereocenters. The molecule has 0 bridgehead atoms. The monoisotopic (exact) mass is 248 g/mol. The molecular weight excluding hydrogens is 232 g/mol. The molecule has 1 N–H and O–H groups in total. The third kappa shape index (κ3) is 2.03. The van der Waals surface area contributed by atoms with Gasteiger partial charge < -0.3 is 9.73 Å². The zero-order valence-corrected chi connectivity index (χ0v) is 10.7. The summed E-state index contributed by atoms with van der Waals surface area (Å²) in [6.07, 6.45) is 5.32. The standard InChI is InChI=1S/C13H16N2OS/c1-2-14-9-5-3-7-11-12(9)15-13(17-11)10-6-4-8-16-10/h4,6,8-9,14H,2-3,5,7H2,1H3. The molecule has 0 aromatic carbocycles. The second-order valence-corrected chi connectivity index (χ2v) is 5.39. The van der Waals surface area contributed by atoms with Gasteiger partial charge in [-0.05, 0) is 37.9 Å². The van der Waals surface area contributed by atoms with Gasteiger partial charge in [0.05, 0.1) is 18.0 Å². The number of aryl methyl sites for hydroxylation is 1. The molecule has 0 spiro atoms. The van der Waals surface area contributed by atoms with Gasteiger partial charge in [0, 0.05) is 4.88 Å². The van der Waals surface area contributed by atoms with Crippen molar-refractivity contribution in [3.8, 4) is 10.8 Å². The van der Waals surface area contributed by atoms with Crippen LogP contribution in [0, 0.1) is 0 Å². The highest BCUT2D eigenvalue weighted by atomic mass is 32.1. The molecule has 1 unspecified atom stereocenters. The van der Waals surface area contributed by atoms with E-state index in [0.717, 1.165) is 23.7 Å². The normalized spacial score (nSPS) is 19.2. The number of rotatable bonds is 3. The van der Waals surface area contributed by atoms with Crippen LogP contribution in [-0.2, 0) is 6.42 Å². The van der Waals surface area contributed by atoms with Crippen LogP contribution in [0.15, 0.2) is 22.8 Å². The summed E-state index contributed by atoms with van der Waals surface area (Å²) in [5, 5.41) is 4.53. The number of nitrogens with one attached hydrogen (secondary N) is 1. The average molecular weight is 248 g/mol. The minimum atomic E-state index is 0.434. The van der Waals surface area contributed by atoms with E-state index in [2.05, 4.69) is 12.2 Å². The molecule has 2 aromatic heterocycles. The van der Waals surface area contributed by atoms with E-state index in [4.69, 9.17) is 9.40 Å². The van der Waals surface area contributed by atoms with Crippen LogP contribution in [0.3, 0.4) is 0 Å². The van der Waals surface area contributed by atoms with Gasteiger partial charge in [-0.1, -0.05) is 6.92 Å². The topological polar surface area (TPSA) is 38.1 Å². The van der Waals surface area contributed by atoms with E-state index in [-0.39, 0.29) is 0 Å². The van der Waals surface area contributed by atoms with Crippen molar-refractivity contribution in [3.63, 3.8) is 0 Å². The number of furan rings is 1. The second-order valence-electron chi connectivity index (χ2n) is 4.31. The fourth-order valence-electron chi connectivity index (χ4n) is 2.37. The molecule has 2 aromatic rings. The fraction of sp³-hybridized carbons (Fsp3) is 0.462. The molecule has 0 saturated carbocycles. The molecule has 0 aliphatic heterocycles. The summed E-state index contributed by atoms with van der Waals surface area (Å²) in [7, 11) is 0. The summed E-state index contributed by atoms with van der Waals surface area (Å²) in [6.45, 7) is 3.14. The van der Waals surface area contributed by atoms with Crippen LogP contribution >= 0.6 is 11.3 Å². The first-order valence-electron chi connectivity index (χ1n) is 6.15. The Morgan fingerprint density at radius 3 is 3.29 bits per heavy atom. The number of nitrogens with zero attached hydrogens (tertiary/aromatic N) is 1. The van der Waals surface area contributed by atoms with E-state index < -0.39 is 0 Å². The van der Waals surface area contributed by atoms with Crippen LogP contribution in [0.4, 0.5) is 0 Å². The van der Waals surface area contributed by atoms with Gasteiger partial charge >= 0.3 is 0 Å². The van der Waals surface area contributed by atoms with Crippen LogP contribution in [-0.4, -0.2) is 11.5 Å². The predicted octanol–water partition coefficient (Wildman–Crippen LogP) is 3.39. The number of aromatic nitrogens is 1. The van der Waals surface area contributed by atoms with Crippen molar-refractivity contribution in [2.75, 3.05) is 6.54 Å². The molecule has 4 heteroatoms. The molecule has 0 amide bonds. The van der Waals surface area contributed by atoms with E-state index in [1.165, 1.54) is 23.4 Å². The largest absolute Gasteiger partial charge is 0.462 e. The lowest BCUT2D eigenvalue weighted by Gasteiger charge is -2.21. The minimum absolute atomic E-state index is 0.434. The van der Waals surface area contributed by atoms with Crippen molar-refractivity contribution in [2.45, 2.75) is 32.2 Å². The van der Waals surface area contributed by atoms with Crippen LogP contribution in [0.25, 0.3) is 10.8 Å². The Kier molecular flexibility index (Phi) is 2.99. The Morgan fingerprint density at radius 2 is 2.53 bits per heavy atom. The Morgan fingerprint density at radius 1 is 1.59 bits per heavy atom. The van der Waals surface area contributed by atoms with Crippen molar-refractivity contribution in [1.29, 1.82) is 0 Å². The number of hydrogen-bond donors (Lipinski definition) is 1. The highest BCUT2D eigenvalue weighted by molar-refractivity contribution is 7.15. The second kappa shape index (κ2) is 4.63. The smallest absolute Gasteiger partial charge is 0.162 e. The minimum Gasteiger partial charge on any atom is -0.462 e. The fourth-order valence-corrected chi connectivity index (χ4v) is 3.50. The van der Waals surface area contributed by atoms with Gasteiger partial charge in [-0.2, -0.15) is 0 Å². The van der Waals surface area contributed by atoms with Crippen molar-refractivity contribution >= 4 is 11.3 Å². The van der Waals surface area contributed by atoms with Gasteiger partial charge in [-0.25, -0.2) is 4.98 Å². The summed E-state index contributed by atoms with van der Waals surface area (Å²) in [5.41, 5.74) is 1.24. The number of fused-ring (bicyclic) bond motifs is 1. The molecule has 17 heavy (non-hydrogen) atoms. The van der Waals surface area contributed by atoms with Crippen molar-refractivity contribution in [2.24, 2.45) is 0 Å². The van der Waals surface area contributed by atoms with Gasteiger partial charge in [0.2, 0.25) is 0 Å². The summed E-state index contributed by atoms with van der Waals surface area (Å²) < 4.78 is 5.42. The SMILES string of the molecule is CCNC1CCCc2sc(-c3ccco3)nc21. The molecule has 2 heterocycles. The molecular formula is C13H16N2OS. The molecule has 3 nitrogen and oxygen atoms in total. The Labute approximate surface area is 105 Å². The number of hydrogen-bond acceptors (Lipinski definition) is 4. The molecule has 0 saturated heterocycles. The van der Waals surface area contributed by atoms with E-state index in [0.29, 0.717) is 6.04 Å². The van der Waals surface area contributed by atoms with E-state index in [1.807, 2.05) is 12.1 Å². The molecule has 0 radical (unpaired) electrons. The molecule has 0 fully saturated rings. The molecule has 1 aliphatic carbocycles. The zero-order valence-electron chi connectivity index (χ0n) is 9.90.